The van der Waals surface area contributed by atoms with Crippen LogP contribution in [0, 0.1) is 24.1 Å². The molecule has 81 heavy (non-hydrogen) atoms. The molecule has 4 heterocycles. The highest BCUT2D eigenvalue weighted by Crippen LogP contribution is 2.38. The molecule has 2 aliphatic rings. The predicted octanol–water partition coefficient (Wildman–Crippen LogP) is 11.8. The van der Waals surface area contributed by atoms with Crippen LogP contribution in [0.2, 0.25) is 0 Å². The minimum absolute atomic E-state index is 0.00273. The maximum absolute atomic E-state index is 15.9. The second-order valence-electron chi connectivity index (χ2n) is 23.1. The van der Waals surface area contributed by atoms with Crippen molar-refractivity contribution in [2.45, 2.75) is 162 Å². The molecule has 0 radical (unpaired) electrons. The third-order valence-electron chi connectivity index (χ3n) is 15.9. The van der Waals surface area contributed by atoms with Crippen molar-refractivity contribution >= 4 is 52.0 Å². The van der Waals surface area contributed by atoms with Gasteiger partial charge >= 0.3 is 6.18 Å². The summed E-state index contributed by atoms with van der Waals surface area (Å²) in [6, 6.07) is 16.7. The van der Waals surface area contributed by atoms with E-state index >= 15 is 4.39 Å². The number of nitrogens with one attached hydrogen (secondary N) is 3. The Morgan fingerprint density at radius 2 is 1.46 bits per heavy atom. The predicted molar refractivity (Wildman–Crippen MR) is 309 cm³/mol. The Morgan fingerprint density at radius 3 is 2.06 bits per heavy atom. The van der Waals surface area contributed by atoms with E-state index in [9.17, 15) is 47.0 Å². The maximum atomic E-state index is 15.9. The number of anilines is 2. The molecule has 3 amide bonds. The van der Waals surface area contributed by atoms with Crippen molar-refractivity contribution in [2.75, 3.05) is 36.9 Å². The van der Waals surface area contributed by atoms with Crippen LogP contribution in [0.25, 0.3) is 21.6 Å². The van der Waals surface area contributed by atoms with Gasteiger partial charge in [0.25, 0.3) is 5.91 Å². The number of aliphatic hydroxyl groups excluding tert-OH is 1. The summed E-state index contributed by atoms with van der Waals surface area (Å²) in [6.07, 6.45) is 3.64. The van der Waals surface area contributed by atoms with E-state index in [4.69, 9.17) is 0 Å². The van der Waals surface area contributed by atoms with E-state index < -0.39 is 58.1 Å². The quantitative estimate of drug-likeness (QED) is 0.0263. The number of carbonyl (C=O) groups excluding carboxylic acids is 5. The van der Waals surface area contributed by atoms with Crippen LogP contribution in [0.3, 0.4) is 0 Å². The lowest BCUT2D eigenvalue weighted by Gasteiger charge is -2.44. The monoisotopic (exact) mass is 1140 g/mol. The Kier molecular flexibility index (Phi) is 21.0. The van der Waals surface area contributed by atoms with Gasteiger partial charge in [-0.15, -0.1) is 11.3 Å². The van der Waals surface area contributed by atoms with Crippen molar-refractivity contribution in [2.24, 2.45) is 11.3 Å². The first kappa shape index (κ1) is 62.0. The first-order valence-electron chi connectivity index (χ1n) is 28.2. The van der Waals surface area contributed by atoms with Crippen molar-refractivity contribution in [3.63, 3.8) is 0 Å². The molecular formula is C62H77F4N7O7S. The van der Waals surface area contributed by atoms with Crippen LogP contribution in [0.4, 0.5) is 28.9 Å². The zero-order chi connectivity index (χ0) is 58.8. The van der Waals surface area contributed by atoms with Crippen LogP contribution in [-0.4, -0.2) is 105 Å². The highest BCUT2D eigenvalue weighted by molar-refractivity contribution is 7.13. The van der Waals surface area contributed by atoms with Crippen LogP contribution < -0.4 is 21.1 Å². The third kappa shape index (κ3) is 16.3. The highest BCUT2D eigenvalue weighted by Gasteiger charge is 2.44. The molecule has 3 aromatic carbocycles. The number of aromatic amines is 1. The van der Waals surface area contributed by atoms with E-state index in [0.717, 1.165) is 72.8 Å². The smallest absolute Gasteiger partial charge is 0.391 e. The van der Waals surface area contributed by atoms with Gasteiger partial charge in [0.05, 0.1) is 44.7 Å². The lowest BCUT2D eigenvalue weighted by atomic mass is 9.76. The van der Waals surface area contributed by atoms with Gasteiger partial charge in [-0.2, -0.15) is 13.2 Å². The molecule has 2 fully saturated rings. The average Bonchev–Trinajstić information content (AvgIpc) is 4.22. The molecule has 436 valence electrons. The SMILES string of the molecule is Cc1ncsc1-c1ccc(CNC(=O)[C@@H]2C[C@@H](O)CN2C(=O)[C@@H](CC(=O)CCCCCCCCCCCC(=O)c2ccc(-c3ccc(N4C[C@@H](C)N(C)[C@@H](C)C4)c(NC(=O)c4c[nH]c(=O)cc4C(F)(F)F)c3)c(F)c2)C(C)(C)C)cc1. The molecule has 5 aromatic rings. The van der Waals surface area contributed by atoms with Gasteiger partial charge in [0.15, 0.2) is 5.78 Å². The average molecular weight is 1140 g/mol. The number of rotatable bonds is 24. The number of Topliss-reactive ketones (excluding diaryl/α,β-unsaturated/α-hetero) is 2. The van der Waals surface area contributed by atoms with Crippen molar-refractivity contribution in [1.82, 2.24) is 25.1 Å². The Labute approximate surface area is 476 Å². The second kappa shape index (κ2) is 27.5. The normalized spacial score (nSPS) is 18.2. The standard InChI is InChI=1S/C62H77F4N7O7S/c1-38-34-72(35-39(2)71(38)7)53-26-24-43(28-52(53)70-58(78)48-33-67-56(77)31-49(48)62(64,65)66)47-25-23-44(27-51(47)63)55(76)18-16-14-12-10-8-9-11-13-15-17-45(74)29-50(61(4,5)6)60(80)73-36-46(75)30-54(73)59(79)68-32-41-19-21-42(22-20-41)57-40(3)69-37-81-57/h19-28,31,33,37-39,46,50,54,75H,8-18,29-30,32,34-36H2,1-7H3,(H,67,77)(H,68,79)(H,70,78)/t38-,39+,46-,50-,54+/m1/s1. The molecule has 0 unspecified atom stereocenters. The summed E-state index contributed by atoms with van der Waals surface area (Å²) >= 11 is 1.57. The number of aliphatic hydroxyl groups is 1. The van der Waals surface area contributed by atoms with E-state index in [1.54, 1.807) is 29.5 Å². The summed E-state index contributed by atoms with van der Waals surface area (Å²) in [7, 11) is 2.00. The molecule has 4 N–H and O–H groups in total. The summed E-state index contributed by atoms with van der Waals surface area (Å²) in [6.45, 7) is 13.2. The Bertz CT molecular complexity index is 3070. The maximum Gasteiger partial charge on any atom is 0.417 e. The van der Waals surface area contributed by atoms with E-state index in [0.29, 0.717) is 49.7 Å². The third-order valence-corrected chi connectivity index (χ3v) is 16.9. The number of pyridine rings is 1. The number of benzene rings is 3. The molecule has 0 bridgehead atoms. The lowest BCUT2D eigenvalue weighted by Crippen LogP contribution is -2.55. The molecule has 2 saturated heterocycles. The minimum atomic E-state index is -4.98. The molecule has 2 aromatic heterocycles. The Hall–Kier alpha value is -6.57. The number of unbranched alkanes of at least 4 members (excludes halogenated alkanes) is 8. The Morgan fingerprint density at radius 1 is 0.827 bits per heavy atom. The Balaban J connectivity index is 0.822. The molecule has 7 rings (SSSR count). The fourth-order valence-electron chi connectivity index (χ4n) is 10.9. The summed E-state index contributed by atoms with van der Waals surface area (Å²) in [5.41, 5.74) is 2.37. The zero-order valence-electron chi connectivity index (χ0n) is 47.5. The van der Waals surface area contributed by atoms with Gasteiger partial charge in [0, 0.05) is 93.3 Å². The van der Waals surface area contributed by atoms with Gasteiger partial charge < -0.3 is 30.5 Å². The summed E-state index contributed by atoms with van der Waals surface area (Å²) in [5, 5.41) is 16.2. The highest BCUT2D eigenvalue weighted by atomic mass is 32.1. The lowest BCUT2D eigenvalue weighted by molar-refractivity contribution is -0.146. The number of piperazine rings is 1. The van der Waals surface area contributed by atoms with Gasteiger partial charge in [-0.1, -0.05) is 108 Å². The van der Waals surface area contributed by atoms with E-state index in [1.165, 1.54) is 23.1 Å². The molecule has 0 aliphatic carbocycles. The summed E-state index contributed by atoms with van der Waals surface area (Å²) < 4.78 is 57.8. The van der Waals surface area contributed by atoms with Crippen LogP contribution in [0.15, 0.2) is 83.2 Å². The first-order chi connectivity index (χ1) is 38.4. The number of alkyl halides is 3. The van der Waals surface area contributed by atoms with E-state index in [-0.39, 0.29) is 84.6 Å². The molecular weight excluding hydrogens is 1060 g/mol. The number of ketones is 2. The number of carbonyl (C=O) groups is 5. The minimum Gasteiger partial charge on any atom is -0.391 e. The number of hydrogen-bond acceptors (Lipinski definition) is 11. The number of amides is 3. The number of aryl methyl sites for hydroxylation is 1. The molecule has 2 aliphatic heterocycles. The fourth-order valence-corrected chi connectivity index (χ4v) is 11.7. The van der Waals surface area contributed by atoms with Gasteiger partial charge in [-0.3, -0.25) is 33.7 Å². The van der Waals surface area contributed by atoms with Crippen molar-refractivity contribution in [3.05, 3.63) is 123 Å². The van der Waals surface area contributed by atoms with E-state index in [1.807, 2.05) is 83.3 Å². The van der Waals surface area contributed by atoms with E-state index in [2.05, 4.69) is 25.5 Å². The number of β-amino-alcohol motifs (C(OH)–C–C–N with tert-alkyl or cyclic N) is 1. The first-order valence-corrected chi connectivity index (χ1v) is 29.1. The number of aromatic nitrogens is 2. The fraction of sp³-hybridized carbons (Fsp3) is 0.500. The van der Waals surface area contributed by atoms with Crippen molar-refractivity contribution in [1.29, 1.82) is 0 Å². The second-order valence-corrected chi connectivity index (χ2v) is 24.0. The van der Waals surface area contributed by atoms with Crippen LogP contribution in [-0.2, 0) is 27.1 Å². The van der Waals surface area contributed by atoms with Gasteiger partial charge in [-0.25, -0.2) is 9.37 Å². The number of halogens is 4. The van der Waals surface area contributed by atoms with Crippen LogP contribution in [0.1, 0.15) is 156 Å². The molecule has 14 nitrogen and oxygen atoms in total. The number of thiazole rings is 1. The molecule has 0 saturated carbocycles. The molecule has 5 atom stereocenters. The summed E-state index contributed by atoms with van der Waals surface area (Å²) in [4.78, 5) is 92.8. The van der Waals surface area contributed by atoms with Crippen molar-refractivity contribution in [3.8, 4) is 21.6 Å². The number of nitrogens with zero attached hydrogens (tertiary/aromatic N) is 4. The van der Waals surface area contributed by atoms with Gasteiger partial charge in [0.2, 0.25) is 17.4 Å². The summed E-state index contributed by atoms with van der Waals surface area (Å²) in [5.74, 6) is -3.25. The largest absolute Gasteiger partial charge is 0.417 e. The number of likely N-dealkylation sites (N-methyl/N-ethyl adjacent to an activating group) is 1. The van der Waals surface area contributed by atoms with Crippen molar-refractivity contribution < 1.29 is 46.6 Å². The number of hydrogen-bond donors (Lipinski definition) is 4. The molecule has 19 heteroatoms. The number of H-pyrrole nitrogens is 1. The topological polar surface area (TPSA) is 185 Å². The van der Waals surface area contributed by atoms with Gasteiger partial charge in [0.1, 0.15) is 17.6 Å². The van der Waals surface area contributed by atoms with Crippen LogP contribution >= 0.6 is 11.3 Å². The zero-order valence-corrected chi connectivity index (χ0v) is 48.3. The van der Waals surface area contributed by atoms with Gasteiger partial charge in [-0.05, 0) is 81.0 Å². The van der Waals surface area contributed by atoms with Crippen LogP contribution in [0.5, 0.6) is 0 Å². The molecule has 0 spiro atoms. The number of likely N-dealkylation sites (tertiary alicyclic amines) is 1.